The highest BCUT2D eigenvalue weighted by Gasteiger charge is 2.20. The zero-order valence-corrected chi connectivity index (χ0v) is 9.54. The minimum Gasteiger partial charge on any atom is -0.387 e. The minimum atomic E-state index is -0.356. The molecule has 2 aromatic rings. The molecule has 90 valence electrons. The molecule has 0 aliphatic carbocycles. The van der Waals surface area contributed by atoms with Crippen molar-refractivity contribution in [2.75, 3.05) is 6.61 Å². The van der Waals surface area contributed by atoms with Crippen molar-refractivity contribution in [3.05, 3.63) is 47.6 Å². The molecule has 1 unspecified atom stereocenters. The molecule has 0 amide bonds. The first-order valence-electron chi connectivity index (χ1n) is 5.45. The van der Waals surface area contributed by atoms with Gasteiger partial charge in [-0.1, -0.05) is 35.5 Å². The zero-order chi connectivity index (χ0) is 12.1. The molecule has 1 N–H and O–H groups in total. The Bertz CT molecular complexity index is 456. The van der Waals surface area contributed by atoms with Crippen LogP contribution in [0.25, 0.3) is 0 Å². The Morgan fingerprint density at radius 1 is 1.35 bits per heavy atom. The van der Waals surface area contributed by atoms with Crippen molar-refractivity contribution >= 4 is 0 Å². The Morgan fingerprint density at radius 3 is 2.71 bits per heavy atom. The molecule has 0 radical (unpaired) electrons. The van der Waals surface area contributed by atoms with E-state index < -0.39 is 0 Å². The van der Waals surface area contributed by atoms with E-state index in [4.69, 9.17) is 14.4 Å². The Balaban J connectivity index is 2.28. The summed E-state index contributed by atoms with van der Waals surface area (Å²) in [7, 11) is 0. The van der Waals surface area contributed by atoms with Crippen LogP contribution in [0.3, 0.4) is 0 Å². The SMILES string of the molecule is CCOC(c1ccccc1)c1noc(CO)n1. The fourth-order valence-electron chi connectivity index (χ4n) is 1.55. The van der Waals surface area contributed by atoms with E-state index in [1.807, 2.05) is 37.3 Å². The molecule has 0 aliphatic heterocycles. The summed E-state index contributed by atoms with van der Waals surface area (Å²) < 4.78 is 10.5. The molecule has 0 bridgehead atoms. The number of benzene rings is 1. The summed E-state index contributed by atoms with van der Waals surface area (Å²) in [6, 6.07) is 9.66. The van der Waals surface area contributed by atoms with Gasteiger partial charge in [0.25, 0.3) is 5.89 Å². The van der Waals surface area contributed by atoms with Crippen molar-refractivity contribution in [1.82, 2.24) is 10.1 Å². The van der Waals surface area contributed by atoms with E-state index in [9.17, 15) is 0 Å². The number of nitrogens with zero attached hydrogens (tertiary/aromatic N) is 2. The molecule has 0 fully saturated rings. The van der Waals surface area contributed by atoms with E-state index in [-0.39, 0.29) is 18.6 Å². The van der Waals surface area contributed by atoms with Crippen molar-refractivity contribution in [2.45, 2.75) is 19.6 Å². The third-order valence-corrected chi connectivity index (χ3v) is 2.29. The number of aliphatic hydroxyl groups is 1. The average molecular weight is 234 g/mol. The lowest BCUT2D eigenvalue weighted by molar-refractivity contribution is 0.0833. The highest BCUT2D eigenvalue weighted by molar-refractivity contribution is 5.22. The van der Waals surface area contributed by atoms with Gasteiger partial charge in [-0.15, -0.1) is 0 Å². The number of rotatable bonds is 5. The van der Waals surface area contributed by atoms with Gasteiger partial charge in [0.1, 0.15) is 12.7 Å². The molecular formula is C12H14N2O3. The average Bonchev–Trinajstić information content (AvgIpc) is 2.85. The lowest BCUT2D eigenvalue weighted by atomic mass is 10.1. The fraction of sp³-hybridized carbons (Fsp3) is 0.333. The van der Waals surface area contributed by atoms with E-state index in [0.717, 1.165) is 5.56 Å². The van der Waals surface area contributed by atoms with E-state index in [0.29, 0.717) is 12.4 Å². The van der Waals surface area contributed by atoms with Gasteiger partial charge in [0.15, 0.2) is 0 Å². The lowest BCUT2D eigenvalue weighted by Gasteiger charge is -2.13. The van der Waals surface area contributed by atoms with Crippen LogP contribution < -0.4 is 0 Å². The van der Waals surface area contributed by atoms with Gasteiger partial charge < -0.3 is 14.4 Å². The summed E-state index contributed by atoms with van der Waals surface area (Å²) in [5.74, 6) is 0.628. The maximum Gasteiger partial charge on any atom is 0.252 e. The molecule has 5 nitrogen and oxygen atoms in total. The van der Waals surface area contributed by atoms with Crippen molar-refractivity contribution in [3.8, 4) is 0 Å². The minimum absolute atomic E-state index is 0.195. The summed E-state index contributed by atoms with van der Waals surface area (Å²) in [5.41, 5.74) is 0.958. The highest BCUT2D eigenvalue weighted by Crippen LogP contribution is 2.23. The molecule has 1 aromatic carbocycles. The Morgan fingerprint density at radius 2 is 2.12 bits per heavy atom. The van der Waals surface area contributed by atoms with Crippen LogP contribution in [-0.2, 0) is 11.3 Å². The number of aliphatic hydroxyl groups excluding tert-OH is 1. The largest absolute Gasteiger partial charge is 0.387 e. The summed E-state index contributed by atoms with van der Waals surface area (Å²) >= 11 is 0. The molecule has 0 saturated heterocycles. The van der Waals surface area contributed by atoms with Gasteiger partial charge in [-0.25, -0.2) is 0 Å². The third kappa shape index (κ3) is 2.69. The van der Waals surface area contributed by atoms with E-state index in [2.05, 4.69) is 10.1 Å². The monoisotopic (exact) mass is 234 g/mol. The predicted octanol–water partition coefficient (Wildman–Crippen LogP) is 1.69. The summed E-state index contributed by atoms with van der Waals surface area (Å²) in [6.07, 6.45) is -0.356. The van der Waals surface area contributed by atoms with E-state index in [1.54, 1.807) is 0 Å². The number of aromatic nitrogens is 2. The number of hydrogen-bond acceptors (Lipinski definition) is 5. The van der Waals surface area contributed by atoms with Gasteiger partial charge in [0, 0.05) is 6.61 Å². The Kier molecular flexibility index (Phi) is 3.85. The summed E-state index contributed by atoms with van der Waals surface area (Å²) in [5, 5.41) is 12.7. The first kappa shape index (κ1) is 11.8. The van der Waals surface area contributed by atoms with Gasteiger partial charge >= 0.3 is 0 Å². The lowest BCUT2D eigenvalue weighted by Crippen LogP contribution is -2.08. The maximum absolute atomic E-state index is 8.90. The van der Waals surface area contributed by atoms with Crippen LogP contribution in [0.2, 0.25) is 0 Å². The van der Waals surface area contributed by atoms with Crippen molar-refractivity contribution in [2.24, 2.45) is 0 Å². The normalized spacial score (nSPS) is 12.6. The molecule has 0 spiro atoms. The second-order valence-corrected chi connectivity index (χ2v) is 3.45. The standard InChI is InChI=1S/C12H14N2O3/c1-2-16-11(9-6-4-3-5-7-9)12-13-10(8-15)17-14-12/h3-7,11,15H,2,8H2,1H3. The smallest absolute Gasteiger partial charge is 0.252 e. The zero-order valence-electron chi connectivity index (χ0n) is 9.54. The molecular weight excluding hydrogens is 220 g/mol. The summed E-state index contributed by atoms with van der Waals surface area (Å²) in [6.45, 7) is 2.19. The van der Waals surface area contributed by atoms with E-state index >= 15 is 0 Å². The van der Waals surface area contributed by atoms with Crippen LogP contribution in [0, 0.1) is 0 Å². The Labute approximate surface area is 99.0 Å². The number of ether oxygens (including phenoxy) is 1. The van der Waals surface area contributed by atoms with Crippen LogP contribution in [0.5, 0.6) is 0 Å². The van der Waals surface area contributed by atoms with Crippen molar-refractivity contribution in [1.29, 1.82) is 0 Å². The molecule has 17 heavy (non-hydrogen) atoms. The molecule has 1 atom stereocenters. The molecule has 1 aromatic heterocycles. The van der Waals surface area contributed by atoms with Crippen LogP contribution >= 0.6 is 0 Å². The molecule has 2 rings (SSSR count). The van der Waals surface area contributed by atoms with Gasteiger partial charge in [-0.2, -0.15) is 4.98 Å². The Hall–Kier alpha value is -1.72. The first-order chi connectivity index (χ1) is 8.35. The molecule has 5 heteroatoms. The van der Waals surface area contributed by atoms with Crippen LogP contribution in [0.4, 0.5) is 0 Å². The molecule has 0 saturated carbocycles. The van der Waals surface area contributed by atoms with Gasteiger partial charge in [-0.05, 0) is 12.5 Å². The van der Waals surface area contributed by atoms with Gasteiger partial charge in [0.05, 0.1) is 0 Å². The van der Waals surface area contributed by atoms with Crippen LogP contribution in [0.1, 0.15) is 30.3 Å². The predicted molar refractivity (Wildman–Crippen MR) is 60.1 cm³/mol. The van der Waals surface area contributed by atoms with E-state index in [1.165, 1.54) is 0 Å². The third-order valence-electron chi connectivity index (χ3n) is 2.29. The quantitative estimate of drug-likeness (QED) is 0.852. The molecule has 0 aliphatic rings. The maximum atomic E-state index is 8.90. The van der Waals surface area contributed by atoms with Crippen LogP contribution in [0.15, 0.2) is 34.9 Å². The van der Waals surface area contributed by atoms with Gasteiger partial charge in [0.2, 0.25) is 5.82 Å². The second kappa shape index (κ2) is 5.56. The van der Waals surface area contributed by atoms with Crippen molar-refractivity contribution in [3.63, 3.8) is 0 Å². The van der Waals surface area contributed by atoms with Crippen molar-refractivity contribution < 1.29 is 14.4 Å². The highest BCUT2D eigenvalue weighted by atomic mass is 16.5. The number of hydrogen-bond donors (Lipinski definition) is 1. The first-order valence-corrected chi connectivity index (χ1v) is 5.45. The molecule has 1 heterocycles. The topological polar surface area (TPSA) is 68.4 Å². The van der Waals surface area contributed by atoms with Crippen LogP contribution in [-0.4, -0.2) is 21.9 Å². The second-order valence-electron chi connectivity index (χ2n) is 3.45. The fourth-order valence-corrected chi connectivity index (χ4v) is 1.55. The summed E-state index contributed by atoms with van der Waals surface area (Å²) in [4.78, 5) is 4.07. The van der Waals surface area contributed by atoms with Gasteiger partial charge in [-0.3, -0.25) is 0 Å².